The van der Waals surface area contributed by atoms with Crippen molar-refractivity contribution in [3.8, 4) is 0 Å². The highest BCUT2D eigenvalue weighted by molar-refractivity contribution is 7.05. The second-order valence-electron chi connectivity index (χ2n) is 6.65. The van der Waals surface area contributed by atoms with Gasteiger partial charge in [-0.3, -0.25) is 0 Å². The zero-order valence-electron chi connectivity index (χ0n) is 13.2. The molecule has 0 fully saturated rings. The summed E-state index contributed by atoms with van der Waals surface area (Å²) in [5, 5.41) is 8.13. The molecule has 0 bridgehead atoms. The number of rotatable bonds is 5. The zero-order chi connectivity index (χ0) is 14.6. The SMILES string of the molecule is CCCNC(C1=CCCCC1)c1snnc1C(C)(C)C. The predicted molar refractivity (Wildman–Crippen MR) is 86.2 cm³/mol. The van der Waals surface area contributed by atoms with Crippen LogP contribution in [0.1, 0.15) is 76.4 Å². The Morgan fingerprint density at radius 2 is 2.15 bits per heavy atom. The Kier molecular flexibility index (Phi) is 5.33. The lowest BCUT2D eigenvalue weighted by Gasteiger charge is -2.26. The Morgan fingerprint density at radius 3 is 2.75 bits per heavy atom. The summed E-state index contributed by atoms with van der Waals surface area (Å²) in [5.41, 5.74) is 2.76. The topological polar surface area (TPSA) is 37.8 Å². The van der Waals surface area contributed by atoms with Gasteiger partial charge in [0.05, 0.1) is 16.6 Å². The van der Waals surface area contributed by atoms with Crippen LogP contribution in [0.4, 0.5) is 0 Å². The molecule has 112 valence electrons. The van der Waals surface area contributed by atoms with Gasteiger partial charge < -0.3 is 5.32 Å². The second kappa shape index (κ2) is 6.81. The van der Waals surface area contributed by atoms with Crippen LogP contribution in [0, 0.1) is 0 Å². The molecule has 0 saturated carbocycles. The lowest BCUT2D eigenvalue weighted by Crippen LogP contribution is -2.27. The smallest absolute Gasteiger partial charge is 0.0860 e. The number of hydrogen-bond acceptors (Lipinski definition) is 4. The first-order chi connectivity index (χ1) is 9.54. The van der Waals surface area contributed by atoms with Gasteiger partial charge in [-0.1, -0.05) is 43.8 Å². The third-order valence-corrected chi connectivity index (χ3v) is 4.57. The average Bonchev–Trinajstić information content (AvgIpc) is 2.90. The van der Waals surface area contributed by atoms with Gasteiger partial charge in [-0.25, -0.2) is 0 Å². The van der Waals surface area contributed by atoms with Crippen LogP contribution in [0.5, 0.6) is 0 Å². The van der Waals surface area contributed by atoms with E-state index in [0.29, 0.717) is 6.04 Å². The van der Waals surface area contributed by atoms with E-state index in [2.05, 4.69) is 48.7 Å². The summed E-state index contributed by atoms with van der Waals surface area (Å²) in [6.07, 6.45) is 8.66. The molecule has 1 unspecified atom stereocenters. The molecule has 0 radical (unpaired) electrons. The quantitative estimate of drug-likeness (QED) is 0.819. The van der Waals surface area contributed by atoms with Gasteiger partial charge in [0.1, 0.15) is 0 Å². The van der Waals surface area contributed by atoms with E-state index >= 15 is 0 Å². The van der Waals surface area contributed by atoms with Crippen molar-refractivity contribution in [2.24, 2.45) is 0 Å². The van der Waals surface area contributed by atoms with Crippen LogP contribution in [0.15, 0.2) is 11.6 Å². The summed E-state index contributed by atoms with van der Waals surface area (Å²) in [6, 6.07) is 0.324. The summed E-state index contributed by atoms with van der Waals surface area (Å²) < 4.78 is 4.24. The molecule has 1 heterocycles. The van der Waals surface area contributed by atoms with E-state index in [9.17, 15) is 0 Å². The normalized spacial score (nSPS) is 17.9. The molecule has 0 saturated heterocycles. The molecule has 0 aromatic carbocycles. The number of allylic oxidation sites excluding steroid dienone is 1. The first-order valence-electron chi connectivity index (χ1n) is 7.79. The van der Waals surface area contributed by atoms with Crippen molar-refractivity contribution in [3.63, 3.8) is 0 Å². The van der Waals surface area contributed by atoms with Gasteiger partial charge in [0.2, 0.25) is 0 Å². The summed E-state index contributed by atoms with van der Waals surface area (Å²) in [5.74, 6) is 0. The molecule has 0 amide bonds. The fourth-order valence-electron chi connectivity index (χ4n) is 2.71. The Morgan fingerprint density at radius 1 is 1.35 bits per heavy atom. The summed E-state index contributed by atoms with van der Waals surface area (Å²) in [6.45, 7) is 9.93. The summed E-state index contributed by atoms with van der Waals surface area (Å²) >= 11 is 1.56. The molecule has 0 aliphatic heterocycles. The van der Waals surface area contributed by atoms with Crippen LogP contribution < -0.4 is 5.32 Å². The van der Waals surface area contributed by atoms with Crippen molar-refractivity contribution < 1.29 is 0 Å². The van der Waals surface area contributed by atoms with E-state index in [1.165, 1.54) is 30.6 Å². The maximum atomic E-state index is 4.41. The van der Waals surface area contributed by atoms with Gasteiger partial charge in [0.15, 0.2) is 0 Å². The van der Waals surface area contributed by atoms with Crippen molar-refractivity contribution >= 4 is 11.5 Å². The van der Waals surface area contributed by atoms with Gasteiger partial charge >= 0.3 is 0 Å². The van der Waals surface area contributed by atoms with Crippen LogP contribution in [0.25, 0.3) is 0 Å². The monoisotopic (exact) mass is 293 g/mol. The predicted octanol–water partition coefficient (Wildman–Crippen LogP) is 4.38. The van der Waals surface area contributed by atoms with E-state index in [0.717, 1.165) is 18.7 Å². The van der Waals surface area contributed by atoms with E-state index < -0.39 is 0 Å². The van der Waals surface area contributed by atoms with Gasteiger partial charge in [-0.15, -0.1) is 5.10 Å². The second-order valence-corrected chi connectivity index (χ2v) is 7.43. The fraction of sp³-hybridized carbons (Fsp3) is 0.750. The standard InChI is InChI=1S/C16H27N3S/c1-5-11-17-13(12-9-7-6-8-10-12)14-15(16(2,3)4)18-19-20-14/h9,13,17H,5-8,10-11H2,1-4H3. The van der Waals surface area contributed by atoms with Crippen molar-refractivity contribution in [3.05, 3.63) is 22.2 Å². The Balaban J connectivity index is 2.31. The van der Waals surface area contributed by atoms with E-state index in [-0.39, 0.29) is 5.41 Å². The minimum absolute atomic E-state index is 0.0592. The molecule has 1 aliphatic rings. The third kappa shape index (κ3) is 3.67. The van der Waals surface area contributed by atoms with Gasteiger partial charge in [0.25, 0.3) is 0 Å². The fourth-order valence-corrected chi connectivity index (χ4v) is 3.70. The molecular formula is C16H27N3S. The average molecular weight is 293 g/mol. The number of aromatic nitrogens is 2. The molecule has 3 nitrogen and oxygen atoms in total. The maximum absolute atomic E-state index is 4.41. The van der Waals surface area contributed by atoms with Crippen molar-refractivity contribution in [2.75, 3.05) is 6.54 Å². The summed E-state index contributed by atoms with van der Waals surface area (Å²) in [7, 11) is 0. The molecule has 1 aliphatic carbocycles. The lowest BCUT2D eigenvalue weighted by atomic mass is 9.86. The molecule has 1 atom stereocenters. The van der Waals surface area contributed by atoms with Gasteiger partial charge in [-0.05, 0) is 50.2 Å². The van der Waals surface area contributed by atoms with E-state index in [4.69, 9.17) is 0 Å². The minimum Gasteiger partial charge on any atom is -0.306 e. The Bertz CT molecular complexity index is 457. The van der Waals surface area contributed by atoms with E-state index in [1.54, 1.807) is 17.1 Å². The minimum atomic E-state index is 0.0592. The highest BCUT2D eigenvalue weighted by Gasteiger charge is 2.29. The van der Waals surface area contributed by atoms with Gasteiger partial charge in [0, 0.05) is 5.41 Å². The van der Waals surface area contributed by atoms with Crippen molar-refractivity contribution in [2.45, 2.75) is 71.3 Å². The molecule has 0 spiro atoms. The number of nitrogens with zero attached hydrogens (tertiary/aromatic N) is 2. The first kappa shape index (κ1) is 15.6. The molecule has 1 N–H and O–H groups in total. The largest absolute Gasteiger partial charge is 0.306 e. The van der Waals surface area contributed by atoms with Crippen molar-refractivity contribution in [1.29, 1.82) is 0 Å². The van der Waals surface area contributed by atoms with Crippen LogP contribution in [0.2, 0.25) is 0 Å². The maximum Gasteiger partial charge on any atom is 0.0860 e. The first-order valence-corrected chi connectivity index (χ1v) is 8.56. The Labute approximate surface area is 127 Å². The molecule has 4 heteroatoms. The third-order valence-electron chi connectivity index (χ3n) is 3.78. The molecule has 20 heavy (non-hydrogen) atoms. The van der Waals surface area contributed by atoms with Crippen LogP contribution in [-0.4, -0.2) is 16.1 Å². The molecule has 1 aromatic heterocycles. The highest BCUT2D eigenvalue weighted by Crippen LogP contribution is 2.36. The van der Waals surface area contributed by atoms with E-state index in [1.807, 2.05) is 0 Å². The number of hydrogen-bond donors (Lipinski definition) is 1. The van der Waals surface area contributed by atoms with Crippen molar-refractivity contribution in [1.82, 2.24) is 14.9 Å². The van der Waals surface area contributed by atoms with Crippen LogP contribution in [0.3, 0.4) is 0 Å². The van der Waals surface area contributed by atoms with Crippen LogP contribution >= 0.6 is 11.5 Å². The summed E-state index contributed by atoms with van der Waals surface area (Å²) in [4.78, 5) is 1.32. The molecule has 2 rings (SSSR count). The zero-order valence-corrected chi connectivity index (χ0v) is 14.0. The Hall–Kier alpha value is -0.740. The molecule has 1 aromatic rings. The van der Waals surface area contributed by atoms with Crippen LogP contribution in [-0.2, 0) is 5.41 Å². The number of nitrogens with one attached hydrogen (secondary N) is 1. The van der Waals surface area contributed by atoms with Gasteiger partial charge in [-0.2, -0.15) is 0 Å². The highest BCUT2D eigenvalue weighted by atomic mass is 32.1. The lowest BCUT2D eigenvalue weighted by molar-refractivity contribution is 0.519. The molecular weight excluding hydrogens is 266 g/mol.